The summed E-state index contributed by atoms with van der Waals surface area (Å²) >= 11 is 5.65. The molecule has 0 bridgehead atoms. The molecule has 0 fully saturated rings. The monoisotopic (exact) mass is 279 g/mol. The van der Waals surface area contributed by atoms with Crippen molar-refractivity contribution in [2.24, 2.45) is 0 Å². The van der Waals surface area contributed by atoms with E-state index in [0.717, 1.165) is 0 Å². The Morgan fingerprint density at radius 1 is 1.37 bits per heavy atom. The van der Waals surface area contributed by atoms with Gasteiger partial charge in [0.25, 0.3) is 5.91 Å². The second-order valence-electron chi connectivity index (χ2n) is 3.90. The van der Waals surface area contributed by atoms with Gasteiger partial charge in [-0.1, -0.05) is 17.7 Å². The number of halogens is 2. The molecule has 0 atom stereocenters. The molecular formula is C13H11ClFN3O. The van der Waals surface area contributed by atoms with E-state index in [4.69, 9.17) is 17.3 Å². The minimum atomic E-state index is -0.487. The quantitative estimate of drug-likeness (QED) is 0.906. The van der Waals surface area contributed by atoms with Crippen LogP contribution in [-0.4, -0.2) is 10.9 Å². The van der Waals surface area contributed by atoms with Gasteiger partial charge in [-0.2, -0.15) is 0 Å². The normalized spacial score (nSPS) is 10.2. The highest BCUT2D eigenvalue weighted by Gasteiger charge is 2.07. The average Bonchev–Trinajstić information content (AvgIpc) is 2.40. The first-order chi connectivity index (χ1) is 9.06. The number of amides is 1. The summed E-state index contributed by atoms with van der Waals surface area (Å²) < 4.78 is 13.0. The number of nitrogens with one attached hydrogen (secondary N) is 1. The summed E-state index contributed by atoms with van der Waals surface area (Å²) in [6, 6.07) is 7.32. The first-order valence-electron chi connectivity index (χ1n) is 5.50. The fraction of sp³-hybridized carbons (Fsp3) is 0.0769. The molecular weight excluding hydrogens is 269 g/mol. The number of carbonyl (C=O) groups is 1. The fourth-order valence-electron chi connectivity index (χ4n) is 1.52. The van der Waals surface area contributed by atoms with Crippen LogP contribution in [0.1, 0.15) is 15.9 Å². The van der Waals surface area contributed by atoms with Gasteiger partial charge >= 0.3 is 0 Å². The molecule has 0 aliphatic heterocycles. The van der Waals surface area contributed by atoms with E-state index in [0.29, 0.717) is 11.1 Å². The summed E-state index contributed by atoms with van der Waals surface area (Å²) in [5, 5.41) is 2.71. The molecule has 1 aromatic heterocycles. The van der Waals surface area contributed by atoms with Crippen molar-refractivity contribution in [3.8, 4) is 0 Å². The Bertz CT molecular complexity index is 619. The molecule has 2 rings (SSSR count). The molecule has 19 heavy (non-hydrogen) atoms. The summed E-state index contributed by atoms with van der Waals surface area (Å²) in [7, 11) is 0. The molecule has 98 valence electrons. The molecule has 0 spiro atoms. The molecule has 0 aliphatic rings. The Kier molecular flexibility index (Phi) is 3.97. The van der Waals surface area contributed by atoms with E-state index in [1.165, 1.54) is 24.4 Å². The van der Waals surface area contributed by atoms with Crippen molar-refractivity contribution in [3.63, 3.8) is 0 Å². The Hall–Kier alpha value is -2.14. The maximum Gasteiger partial charge on any atom is 0.251 e. The molecule has 0 aliphatic carbocycles. The van der Waals surface area contributed by atoms with Crippen LogP contribution < -0.4 is 11.1 Å². The van der Waals surface area contributed by atoms with E-state index < -0.39 is 5.82 Å². The number of nitrogens with two attached hydrogens (primary N) is 1. The van der Waals surface area contributed by atoms with Crippen molar-refractivity contribution in [1.29, 1.82) is 0 Å². The lowest BCUT2D eigenvalue weighted by atomic mass is 10.2. The van der Waals surface area contributed by atoms with Gasteiger partial charge in [-0.3, -0.25) is 4.79 Å². The highest BCUT2D eigenvalue weighted by Crippen LogP contribution is 2.16. The molecule has 1 heterocycles. The van der Waals surface area contributed by atoms with Gasteiger partial charge < -0.3 is 11.1 Å². The van der Waals surface area contributed by atoms with Crippen molar-refractivity contribution in [2.45, 2.75) is 6.54 Å². The van der Waals surface area contributed by atoms with Crippen LogP contribution in [0.3, 0.4) is 0 Å². The predicted octanol–water partition coefficient (Wildman–Crippen LogP) is 2.39. The van der Waals surface area contributed by atoms with Crippen LogP contribution in [0.2, 0.25) is 5.02 Å². The second-order valence-corrected chi connectivity index (χ2v) is 4.31. The molecule has 0 unspecified atom stereocenters. The predicted molar refractivity (Wildman–Crippen MR) is 71.2 cm³/mol. The van der Waals surface area contributed by atoms with E-state index in [-0.39, 0.29) is 23.3 Å². The lowest BCUT2D eigenvalue weighted by molar-refractivity contribution is 0.0951. The van der Waals surface area contributed by atoms with Crippen molar-refractivity contribution in [1.82, 2.24) is 10.3 Å². The number of nitrogens with zero attached hydrogens (tertiary/aromatic N) is 1. The van der Waals surface area contributed by atoms with Crippen molar-refractivity contribution in [3.05, 3.63) is 58.5 Å². The molecule has 4 nitrogen and oxygen atoms in total. The third-order valence-corrected chi connectivity index (χ3v) is 2.77. The first kappa shape index (κ1) is 13.3. The zero-order valence-electron chi connectivity index (χ0n) is 9.86. The van der Waals surface area contributed by atoms with Gasteiger partial charge in [-0.25, -0.2) is 9.37 Å². The largest absolute Gasteiger partial charge is 0.384 e. The van der Waals surface area contributed by atoms with Crippen LogP contribution in [0.5, 0.6) is 0 Å². The van der Waals surface area contributed by atoms with Gasteiger partial charge in [0.05, 0.1) is 5.02 Å². The number of aromatic nitrogens is 1. The van der Waals surface area contributed by atoms with Gasteiger partial charge in [0.2, 0.25) is 0 Å². The third kappa shape index (κ3) is 3.42. The number of carbonyl (C=O) groups excluding carboxylic acids is 1. The Balaban J connectivity index is 2.02. The topological polar surface area (TPSA) is 68.0 Å². The van der Waals surface area contributed by atoms with E-state index in [9.17, 15) is 9.18 Å². The molecule has 0 radical (unpaired) electrons. The van der Waals surface area contributed by atoms with Crippen LogP contribution in [-0.2, 0) is 6.54 Å². The second kappa shape index (κ2) is 5.67. The van der Waals surface area contributed by atoms with Crippen molar-refractivity contribution in [2.75, 3.05) is 5.73 Å². The summed E-state index contributed by atoms with van der Waals surface area (Å²) in [4.78, 5) is 15.6. The van der Waals surface area contributed by atoms with Crippen LogP contribution in [0.25, 0.3) is 0 Å². The van der Waals surface area contributed by atoms with E-state index in [1.807, 2.05) is 0 Å². The van der Waals surface area contributed by atoms with Crippen molar-refractivity contribution < 1.29 is 9.18 Å². The average molecular weight is 280 g/mol. The minimum Gasteiger partial charge on any atom is -0.384 e. The molecule has 2 aromatic rings. The van der Waals surface area contributed by atoms with Gasteiger partial charge in [0, 0.05) is 18.3 Å². The minimum absolute atomic E-state index is 0.0277. The van der Waals surface area contributed by atoms with Crippen molar-refractivity contribution >= 4 is 23.3 Å². The first-order valence-corrected chi connectivity index (χ1v) is 5.88. The van der Waals surface area contributed by atoms with Crippen LogP contribution in [0.15, 0.2) is 36.5 Å². The molecule has 0 saturated heterocycles. The summed E-state index contributed by atoms with van der Waals surface area (Å²) in [5.74, 6) is -0.495. The number of hydrogen-bond donors (Lipinski definition) is 2. The highest BCUT2D eigenvalue weighted by molar-refractivity contribution is 6.30. The highest BCUT2D eigenvalue weighted by atomic mass is 35.5. The SMILES string of the molecule is Nc1cc(C(=O)NCc2ccc(F)c(Cl)c2)ccn1. The van der Waals surface area contributed by atoms with Gasteiger partial charge in [0.15, 0.2) is 0 Å². The van der Waals surface area contributed by atoms with Crippen LogP contribution in [0.4, 0.5) is 10.2 Å². The third-order valence-electron chi connectivity index (χ3n) is 2.48. The number of hydrogen-bond acceptors (Lipinski definition) is 3. The smallest absolute Gasteiger partial charge is 0.251 e. The summed E-state index contributed by atoms with van der Waals surface area (Å²) in [6.45, 7) is 0.251. The summed E-state index contributed by atoms with van der Waals surface area (Å²) in [5.41, 5.74) is 6.62. The van der Waals surface area contributed by atoms with Crippen LogP contribution >= 0.6 is 11.6 Å². The lowest BCUT2D eigenvalue weighted by Gasteiger charge is -2.06. The molecule has 1 amide bonds. The number of rotatable bonds is 3. The molecule has 1 aromatic carbocycles. The number of pyridine rings is 1. The maximum absolute atomic E-state index is 13.0. The Morgan fingerprint density at radius 3 is 2.84 bits per heavy atom. The van der Waals surface area contributed by atoms with Gasteiger partial charge in [-0.05, 0) is 29.8 Å². The zero-order valence-corrected chi connectivity index (χ0v) is 10.6. The van der Waals surface area contributed by atoms with Gasteiger partial charge in [-0.15, -0.1) is 0 Å². The number of benzene rings is 1. The lowest BCUT2D eigenvalue weighted by Crippen LogP contribution is -2.23. The molecule has 6 heteroatoms. The van der Waals surface area contributed by atoms with E-state index in [2.05, 4.69) is 10.3 Å². The fourth-order valence-corrected chi connectivity index (χ4v) is 1.73. The number of nitrogen functional groups attached to an aromatic ring is 1. The molecule has 3 N–H and O–H groups in total. The van der Waals surface area contributed by atoms with E-state index >= 15 is 0 Å². The molecule has 0 saturated carbocycles. The summed E-state index contributed by atoms with van der Waals surface area (Å²) in [6.07, 6.45) is 1.46. The van der Waals surface area contributed by atoms with E-state index in [1.54, 1.807) is 12.1 Å². The maximum atomic E-state index is 13.0. The zero-order chi connectivity index (χ0) is 13.8. The number of anilines is 1. The Labute approximate surface area is 114 Å². The standard InChI is InChI=1S/C13H11ClFN3O/c14-10-5-8(1-2-11(10)15)7-18-13(19)9-3-4-17-12(16)6-9/h1-6H,7H2,(H2,16,17)(H,18,19). The Morgan fingerprint density at radius 2 is 2.16 bits per heavy atom. The van der Waals surface area contributed by atoms with Gasteiger partial charge in [0.1, 0.15) is 11.6 Å². The van der Waals surface area contributed by atoms with Crippen LogP contribution in [0, 0.1) is 5.82 Å².